The van der Waals surface area contributed by atoms with E-state index in [1.54, 1.807) is 0 Å². The van der Waals surface area contributed by atoms with E-state index >= 15 is 0 Å². The summed E-state index contributed by atoms with van der Waals surface area (Å²) in [6.45, 7) is 3.83. The highest BCUT2D eigenvalue weighted by atomic mass is 16.3. The Labute approximate surface area is 165 Å². The van der Waals surface area contributed by atoms with Crippen LogP contribution in [-0.2, 0) is 0 Å². The van der Waals surface area contributed by atoms with E-state index in [0.717, 1.165) is 12.8 Å². The van der Waals surface area contributed by atoms with Crippen molar-refractivity contribution >= 4 is 17.8 Å². The number of aromatic nitrogens is 3. The third-order valence-corrected chi connectivity index (χ3v) is 5.64. The molecule has 28 heavy (non-hydrogen) atoms. The maximum Gasteiger partial charge on any atom is 0.232 e. The minimum absolute atomic E-state index is 0.0159. The van der Waals surface area contributed by atoms with Crippen molar-refractivity contribution in [2.45, 2.75) is 49.5 Å². The van der Waals surface area contributed by atoms with Gasteiger partial charge in [0.25, 0.3) is 0 Å². The molecular weight excluding hydrogens is 360 g/mol. The van der Waals surface area contributed by atoms with Crippen molar-refractivity contribution < 1.29 is 5.11 Å². The lowest BCUT2D eigenvalue weighted by molar-refractivity contribution is 0.198. The molecular formula is C17H32N10O. The zero-order chi connectivity index (χ0) is 19.8. The van der Waals surface area contributed by atoms with Crippen molar-refractivity contribution in [3.8, 4) is 0 Å². The molecule has 5 unspecified atom stereocenters. The van der Waals surface area contributed by atoms with Crippen LogP contribution in [0.2, 0.25) is 0 Å². The number of aliphatic hydroxyl groups excluding tert-OH is 1. The molecule has 0 amide bonds. The maximum absolute atomic E-state index is 9.94. The fourth-order valence-corrected chi connectivity index (χ4v) is 4.37. The topological polar surface area (TPSA) is 173 Å². The molecule has 0 spiro atoms. The van der Waals surface area contributed by atoms with E-state index in [-0.39, 0.29) is 30.3 Å². The van der Waals surface area contributed by atoms with E-state index in [1.165, 1.54) is 0 Å². The van der Waals surface area contributed by atoms with E-state index < -0.39 is 0 Å². The fraction of sp³-hybridized carbons (Fsp3) is 0.824. The summed E-state index contributed by atoms with van der Waals surface area (Å²) in [6.07, 6.45) is 1.91. The Kier molecular flexibility index (Phi) is 5.52. The van der Waals surface area contributed by atoms with Crippen LogP contribution >= 0.6 is 0 Å². The average molecular weight is 393 g/mol. The van der Waals surface area contributed by atoms with Crippen LogP contribution in [-0.4, -0.2) is 89.6 Å². The average Bonchev–Trinajstić information content (AvgIpc) is 3.06. The molecule has 11 heteroatoms. The molecule has 4 heterocycles. The van der Waals surface area contributed by atoms with Gasteiger partial charge in [-0.1, -0.05) is 0 Å². The Morgan fingerprint density at radius 1 is 0.643 bits per heavy atom. The molecule has 3 fully saturated rings. The standard InChI is InChI=1S/C17H32N10O/c18-10-3-11(19)6-26(5-10)16-22-15(25-2-1-14(28)9-25)23-17(24-16)27-7-12(20)4-13(21)8-27/h10-14,28H,1-9,18-21H2. The van der Waals surface area contributed by atoms with Gasteiger partial charge in [-0.05, 0) is 19.3 Å². The van der Waals surface area contributed by atoms with Gasteiger partial charge >= 0.3 is 0 Å². The lowest BCUT2D eigenvalue weighted by Gasteiger charge is -2.37. The van der Waals surface area contributed by atoms with Crippen molar-refractivity contribution in [1.82, 2.24) is 15.0 Å². The van der Waals surface area contributed by atoms with E-state index in [0.29, 0.717) is 63.5 Å². The van der Waals surface area contributed by atoms with E-state index in [1.807, 2.05) is 14.7 Å². The third kappa shape index (κ3) is 4.28. The number of rotatable bonds is 3. The summed E-state index contributed by atoms with van der Waals surface area (Å²) >= 11 is 0. The summed E-state index contributed by atoms with van der Waals surface area (Å²) in [7, 11) is 0. The minimum Gasteiger partial charge on any atom is -0.391 e. The molecule has 3 aliphatic rings. The minimum atomic E-state index is -0.364. The van der Waals surface area contributed by atoms with Gasteiger partial charge in [0.05, 0.1) is 6.10 Å². The molecule has 4 rings (SSSR count). The number of aliphatic hydroxyl groups is 1. The Morgan fingerprint density at radius 2 is 1.04 bits per heavy atom. The second kappa shape index (κ2) is 7.91. The lowest BCUT2D eigenvalue weighted by atomic mass is 10.0. The van der Waals surface area contributed by atoms with Crippen LogP contribution < -0.4 is 37.6 Å². The van der Waals surface area contributed by atoms with Crippen molar-refractivity contribution in [2.75, 3.05) is 54.0 Å². The van der Waals surface area contributed by atoms with Gasteiger partial charge in [0, 0.05) is 63.4 Å². The summed E-state index contributed by atoms with van der Waals surface area (Å²) in [5.41, 5.74) is 24.7. The second-order valence-electron chi connectivity index (χ2n) is 8.45. The summed E-state index contributed by atoms with van der Waals surface area (Å²) in [4.78, 5) is 20.2. The Balaban J connectivity index is 1.66. The monoisotopic (exact) mass is 392 g/mol. The first-order chi connectivity index (χ1) is 13.4. The quantitative estimate of drug-likeness (QED) is 0.359. The first-order valence-electron chi connectivity index (χ1n) is 10.1. The van der Waals surface area contributed by atoms with Crippen molar-refractivity contribution in [3.63, 3.8) is 0 Å². The van der Waals surface area contributed by atoms with Crippen LogP contribution in [0.3, 0.4) is 0 Å². The number of nitrogens with zero attached hydrogens (tertiary/aromatic N) is 6. The molecule has 3 saturated heterocycles. The molecule has 1 aromatic rings. The molecule has 11 nitrogen and oxygen atoms in total. The van der Waals surface area contributed by atoms with Gasteiger partial charge in [-0.2, -0.15) is 15.0 Å². The van der Waals surface area contributed by atoms with Gasteiger partial charge in [-0.15, -0.1) is 0 Å². The molecule has 0 radical (unpaired) electrons. The molecule has 156 valence electrons. The Morgan fingerprint density at radius 3 is 1.39 bits per heavy atom. The maximum atomic E-state index is 9.94. The zero-order valence-electron chi connectivity index (χ0n) is 16.2. The van der Waals surface area contributed by atoms with Crippen LogP contribution in [0.4, 0.5) is 17.8 Å². The molecule has 3 aliphatic heterocycles. The molecule has 9 N–H and O–H groups in total. The van der Waals surface area contributed by atoms with Gasteiger partial charge in [0.2, 0.25) is 17.8 Å². The number of hydrogen-bond donors (Lipinski definition) is 5. The molecule has 0 saturated carbocycles. The molecule has 0 aromatic carbocycles. The number of piperidine rings is 2. The predicted octanol–water partition coefficient (Wildman–Crippen LogP) is -2.83. The van der Waals surface area contributed by atoms with Crippen molar-refractivity contribution in [3.05, 3.63) is 0 Å². The van der Waals surface area contributed by atoms with Crippen LogP contribution in [0.25, 0.3) is 0 Å². The summed E-state index contributed by atoms with van der Waals surface area (Å²) in [5, 5.41) is 9.94. The van der Waals surface area contributed by atoms with Gasteiger partial charge in [0.1, 0.15) is 0 Å². The van der Waals surface area contributed by atoms with Gasteiger partial charge in [-0.3, -0.25) is 0 Å². The summed E-state index contributed by atoms with van der Waals surface area (Å²) < 4.78 is 0. The smallest absolute Gasteiger partial charge is 0.232 e. The zero-order valence-corrected chi connectivity index (χ0v) is 16.2. The number of anilines is 3. The molecule has 0 bridgehead atoms. The van der Waals surface area contributed by atoms with Crippen molar-refractivity contribution in [2.24, 2.45) is 22.9 Å². The van der Waals surface area contributed by atoms with Crippen LogP contribution in [0.5, 0.6) is 0 Å². The van der Waals surface area contributed by atoms with E-state index in [9.17, 15) is 5.11 Å². The number of β-amino-alcohol motifs (C(OH)–C–C–N with tert-alkyl or cyclic N) is 1. The van der Waals surface area contributed by atoms with E-state index in [2.05, 4.69) is 0 Å². The molecule has 1 aromatic heterocycles. The first-order valence-corrected chi connectivity index (χ1v) is 10.1. The van der Waals surface area contributed by atoms with Crippen LogP contribution in [0.1, 0.15) is 19.3 Å². The Hall–Kier alpha value is -1.79. The van der Waals surface area contributed by atoms with Crippen LogP contribution in [0.15, 0.2) is 0 Å². The van der Waals surface area contributed by atoms with Crippen molar-refractivity contribution in [1.29, 1.82) is 0 Å². The number of nitrogens with two attached hydrogens (primary N) is 4. The largest absolute Gasteiger partial charge is 0.391 e. The SMILES string of the molecule is NC1CC(N)CN(c2nc(N3CC(N)CC(N)C3)nc(N3CCC(O)C3)n2)C1. The summed E-state index contributed by atoms with van der Waals surface area (Å²) in [5.74, 6) is 1.70. The molecule has 5 atom stereocenters. The third-order valence-electron chi connectivity index (χ3n) is 5.64. The lowest BCUT2D eigenvalue weighted by Crippen LogP contribution is -2.54. The van der Waals surface area contributed by atoms with E-state index in [4.69, 9.17) is 37.9 Å². The molecule has 0 aliphatic carbocycles. The highest BCUT2D eigenvalue weighted by molar-refractivity contribution is 5.48. The Bertz CT molecular complexity index is 626. The number of hydrogen-bond acceptors (Lipinski definition) is 11. The normalized spacial score (nSPS) is 34.2. The van der Waals surface area contributed by atoms with Gasteiger partial charge < -0.3 is 42.7 Å². The summed E-state index contributed by atoms with van der Waals surface area (Å²) in [6, 6.07) is -0.0635. The second-order valence-corrected chi connectivity index (χ2v) is 8.45. The fourth-order valence-electron chi connectivity index (χ4n) is 4.37. The van der Waals surface area contributed by atoms with Crippen LogP contribution in [0, 0.1) is 0 Å². The van der Waals surface area contributed by atoms with Gasteiger partial charge in [-0.25, -0.2) is 0 Å². The van der Waals surface area contributed by atoms with Gasteiger partial charge in [0.15, 0.2) is 0 Å². The first kappa shape index (κ1) is 19.5. The highest BCUT2D eigenvalue weighted by Gasteiger charge is 2.30. The predicted molar refractivity (Wildman–Crippen MR) is 108 cm³/mol. The highest BCUT2D eigenvalue weighted by Crippen LogP contribution is 2.25.